The van der Waals surface area contributed by atoms with E-state index in [1.165, 1.54) is 12.4 Å². The second kappa shape index (κ2) is 7.12. The summed E-state index contributed by atoms with van der Waals surface area (Å²) in [6, 6.07) is 5.65. The molecule has 8 heteroatoms. The first-order valence-electron chi connectivity index (χ1n) is 9.32. The smallest absolute Gasteiger partial charge is 0.417 e. The van der Waals surface area contributed by atoms with E-state index >= 15 is 0 Å². The van der Waals surface area contributed by atoms with E-state index in [1.807, 2.05) is 24.4 Å². The maximum atomic E-state index is 12.5. The van der Waals surface area contributed by atoms with Gasteiger partial charge in [0.1, 0.15) is 17.6 Å². The van der Waals surface area contributed by atoms with Crippen molar-refractivity contribution >= 4 is 28.6 Å². The van der Waals surface area contributed by atoms with Gasteiger partial charge >= 0.3 is 6.09 Å². The number of imide groups is 1. The molecule has 1 N–H and O–H groups in total. The quantitative estimate of drug-likeness (QED) is 0.717. The molecule has 0 radical (unpaired) electrons. The molecule has 0 aliphatic carbocycles. The van der Waals surface area contributed by atoms with Crippen LogP contribution in [0.1, 0.15) is 32.9 Å². The van der Waals surface area contributed by atoms with Gasteiger partial charge < -0.3 is 9.72 Å². The minimum Gasteiger partial charge on any atom is -0.443 e. The van der Waals surface area contributed by atoms with Crippen LogP contribution in [0.3, 0.4) is 0 Å². The Morgan fingerprint density at radius 3 is 2.79 bits per heavy atom. The lowest BCUT2D eigenvalue weighted by Crippen LogP contribution is -2.42. The number of nitrogens with zero attached hydrogens (tertiary/aromatic N) is 4. The number of fused-ring (bicyclic) bond motifs is 1. The summed E-state index contributed by atoms with van der Waals surface area (Å²) in [7, 11) is 0. The lowest BCUT2D eigenvalue weighted by Gasteiger charge is -2.28. The van der Waals surface area contributed by atoms with Gasteiger partial charge in [-0.05, 0) is 44.9 Å². The number of carbonyl (C=O) groups is 2. The van der Waals surface area contributed by atoms with Crippen LogP contribution in [0, 0.1) is 0 Å². The SMILES string of the molecule is CC(C)(C)OC(=O)N1CCC(c2cccc(-c3c[nH]c4ncncc34)n2)=CC1=O. The molecule has 0 fully saturated rings. The molecule has 4 rings (SSSR count). The number of nitrogens with one attached hydrogen (secondary N) is 1. The van der Waals surface area contributed by atoms with Crippen LogP contribution in [-0.2, 0) is 9.53 Å². The maximum Gasteiger partial charge on any atom is 0.417 e. The van der Waals surface area contributed by atoms with Gasteiger partial charge in [-0.3, -0.25) is 4.79 Å². The normalized spacial score (nSPS) is 14.8. The summed E-state index contributed by atoms with van der Waals surface area (Å²) in [5, 5.41) is 0.877. The molecule has 3 aromatic rings. The number of aromatic nitrogens is 4. The highest BCUT2D eigenvalue weighted by molar-refractivity contribution is 6.04. The molecule has 0 atom stereocenters. The Bertz CT molecular complexity index is 1130. The zero-order chi connectivity index (χ0) is 20.6. The van der Waals surface area contributed by atoms with E-state index in [9.17, 15) is 9.59 Å². The predicted molar refractivity (Wildman–Crippen MR) is 108 cm³/mol. The first-order chi connectivity index (χ1) is 13.8. The molecule has 1 aliphatic heterocycles. The summed E-state index contributed by atoms with van der Waals surface area (Å²) in [6.45, 7) is 5.57. The molecule has 3 aromatic heterocycles. The van der Waals surface area contributed by atoms with Crippen LogP contribution >= 0.6 is 0 Å². The minimum absolute atomic E-state index is 0.256. The monoisotopic (exact) mass is 391 g/mol. The Labute approximate surface area is 167 Å². The van der Waals surface area contributed by atoms with Crippen LogP contribution in [0.4, 0.5) is 4.79 Å². The third-order valence-electron chi connectivity index (χ3n) is 4.49. The third kappa shape index (κ3) is 3.87. The highest BCUT2D eigenvalue weighted by atomic mass is 16.6. The number of amides is 2. The lowest BCUT2D eigenvalue weighted by atomic mass is 10.0. The molecule has 29 heavy (non-hydrogen) atoms. The van der Waals surface area contributed by atoms with E-state index in [0.717, 1.165) is 32.8 Å². The third-order valence-corrected chi connectivity index (χ3v) is 4.49. The van der Waals surface area contributed by atoms with E-state index in [0.29, 0.717) is 12.1 Å². The summed E-state index contributed by atoms with van der Waals surface area (Å²) in [5.41, 5.74) is 3.22. The zero-order valence-corrected chi connectivity index (χ0v) is 16.5. The van der Waals surface area contributed by atoms with E-state index in [2.05, 4.69) is 15.0 Å². The molecular weight excluding hydrogens is 370 g/mol. The van der Waals surface area contributed by atoms with E-state index in [-0.39, 0.29) is 6.54 Å². The van der Waals surface area contributed by atoms with Crippen LogP contribution in [0.15, 0.2) is 43.0 Å². The molecule has 0 unspecified atom stereocenters. The fourth-order valence-corrected chi connectivity index (χ4v) is 3.18. The average molecular weight is 391 g/mol. The number of carbonyl (C=O) groups excluding carboxylic acids is 2. The van der Waals surface area contributed by atoms with Crippen molar-refractivity contribution in [2.45, 2.75) is 32.8 Å². The Kier molecular flexibility index (Phi) is 4.62. The van der Waals surface area contributed by atoms with E-state index in [4.69, 9.17) is 9.72 Å². The zero-order valence-electron chi connectivity index (χ0n) is 16.5. The van der Waals surface area contributed by atoms with Crippen LogP contribution in [-0.4, -0.2) is 49.0 Å². The van der Waals surface area contributed by atoms with E-state index in [1.54, 1.807) is 27.0 Å². The molecule has 148 valence electrons. The summed E-state index contributed by atoms with van der Waals surface area (Å²) in [4.78, 5) is 42.0. The summed E-state index contributed by atoms with van der Waals surface area (Å²) in [5.74, 6) is -0.395. The Morgan fingerprint density at radius 2 is 2.03 bits per heavy atom. The molecule has 0 bridgehead atoms. The van der Waals surface area contributed by atoms with Gasteiger partial charge in [-0.25, -0.2) is 24.6 Å². The van der Waals surface area contributed by atoms with Crippen molar-refractivity contribution in [1.82, 2.24) is 24.8 Å². The van der Waals surface area contributed by atoms with Crippen molar-refractivity contribution in [3.8, 4) is 11.3 Å². The molecule has 0 spiro atoms. The molecule has 0 saturated carbocycles. The highest BCUT2D eigenvalue weighted by Gasteiger charge is 2.29. The summed E-state index contributed by atoms with van der Waals surface area (Å²) in [6.07, 6.45) is 6.41. The lowest BCUT2D eigenvalue weighted by molar-refractivity contribution is -0.125. The van der Waals surface area contributed by atoms with Gasteiger partial charge in [-0.1, -0.05) is 6.07 Å². The molecule has 1 aliphatic rings. The second-order valence-electron chi connectivity index (χ2n) is 7.79. The summed E-state index contributed by atoms with van der Waals surface area (Å²) < 4.78 is 5.30. The van der Waals surface area contributed by atoms with E-state index < -0.39 is 17.6 Å². The van der Waals surface area contributed by atoms with Crippen molar-refractivity contribution in [3.63, 3.8) is 0 Å². The average Bonchev–Trinajstić information content (AvgIpc) is 3.11. The van der Waals surface area contributed by atoms with Gasteiger partial charge in [0.2, 0.25) is 0 Å². The Balaban J connectivity index is 1.60. The number of H-pyrrole nitrogens is 1. The highest BCUT2D eigenvalue weighted by Crippen LogP contribution is 2.28. The van der Waals surface area contributed by atoms with Gasteiger partial charge in [0.15, 0.2) is 0 Å². The van der Waals surface area contributed by atoms with Gasteiger partial charge in [0.05, 0.1) is 11.4 Å². The van der Waals surface area contributed by atoms with Crippen molar-refractivity contribution in [2.75, 3.05) is 6.54 Å². The molecule has 2 amide bonds. The topological polar surface area (TPSA) is 101 Å². The van der Waals surface area contributed by atoms with Crippen molar-refractivity contribution < 1.29 is 14.3 Å². The largest absolute Gasteiger partial charge is 0.443 e. The second-order valence-corrected chi connectivity index (χ2v) is 7.79. The van der Waals surface area contributed by atoms with Crippen LogP contribution < -0.4 is 0 Å². The van der Waals surface area contributed by atoms with Gasteiger partial charge in [-0.2, -0.15) is 0 Å². The molecular formula is C21H21N5O3. The molecule has 0 aromatic carbocycles. The summed E-state index contributed by atoms with van der Waals surface area (Å²) >= 11 is 0. The minimum atomic E-state index is -0.652. The fraction of sp³-hybridized carbons (Fsp3) is 0.286. The standard InChI is InChI=1S/C21H21N5O3/c1-21(2,3)29-20(28)26-8-7-13(9-18(26)27)16-5-4-6-17(25-16)14-11-23-19-15(14)10-22-12-24-19/h4-6,9-12H,7-8H2,1-3H3,(H,22,23,24). The van der Waals surface area contributed by atoms with Crippen molar-refractivity contribution in [3.05, 3.63) is 48.7 Å². The van der Waals surface area contributed by atoms with Crippen LogP contribution in [0.25, 0.3) is 27.9 Å². The van der Waals surface area contributed by atoms with Crippen LogP contribution in [0.2, 0.25) is 0 Å². The van der Waals surface area contributed by atoms with Crippen LogP contribution in [0.5, 0.6) is 0 Å². The Hall–Kier alpha value is -3.55. The Morgan fingerprint density at radius 1 is 1.24 bits per heavy atom. The van der Waals surface area contributed by atoms with Crippen molar-refractivity contribution in [2.24, 2.45) is 0 Å². The number of hydrogen-bond donors (Lipinski definition) is 1. The number of pyridine rings is 1. The van der Waals surface area contributed by atoms with Gasteiger partial charge in [0, 0.05) is 36.0 Å². The molecule has 4 heterocycles. The molecule has 0 saturated heterocycles. The molecule has 8 nitrogen and oxygen atoms in total. The number of aromatic amines is 1. The number of ether oxygens (including phenoxy) is 1. The predicted octanol–water partition coefficient (Wildman–Crippen LogP) is 3.57. The first kappa shape index (κ1) is 18.8. The van der Waals surface area contributed by atoms with Crippen molar-refractivity contribution in [1.29, 1.82) is 0 Å². The first-order valence-corrected chi connectivity index (χ1v) is 9.32. The fourth-order valence-electron chi connectivity index (χ4n) is 3.18. The van der Waals surface area contributed by atoms with Gasteiger partial charge in [-0.15, -0.1) is 0 Å². The maximum absolute atomic E-state index is 12.5. The van der Waals surface area contributed by atoms with Gasteiger partial charge in [0.25, 0.3) is 5.91 Å². The number of hydrogen-bond acceptors (Lipinski definition) is 6. The number of rotatable bonds is 2.